The summed E-state index contributed by atoms with van der Waals surface area (Å²) in [6, 6.07) is 10.4. The molecule has 0 N–H and O–H groups in total. The molecule has 0 atom stereocenters. The Balaban J connectivity index is 1.81. The molecule has 0 aromatic heterocycles. The lowest BCUT2D eigenvalue weighted by Crippen LogP contribution is -2.47. The molecule has 20 heavy (non-hydrogen) atoms. The summed E-state index contributed by atoms with van der Waals surface area (Å²) in [5, 5.41) is -0.270. The third-order valence-corrected chi connectivity index (χ3v) is 6.09. The first-order chi connectivity index (χ1) is 9.49. The van der Waals surface area contributed by atoms with E-state index in [9.17, 15) is 8.42 Å². The molecule has 1 heterocycles. The number of sulfone groups is 1. The molecule has 1 aromatic carbocycles. The van der Waals surface area contributed by atoms with Crippen molar-refractivity contribution in [3.63, 3.8) is 0 Å². The van der Waals surface area contributed by atoms with Crippen LogP contribution in [0.5, 0.6) is 0 Å². The van der Waals surface area contributed by atoms with Crippen molar-refractivity contribution in [2.24, 2.45) is 0 Å². The second kappa shape index (κ2) is 6.59. The molecule has 112 valence electrons. The minimum atomic E-state index is -2.92. The molecule has 1 aliphatic rings. The highest BCUT2D eigenvalue weighted by molar-refractivity contribution is 7.92. The van der Waals surface area contributed by atoms with E-state index in [1.165, 1.54) is 5.69 Å². The molecule has 0 radical (unpaired) electrons. The Kier molecular flexibility index (Phi) is 5.05. The average Bonchev–Trinajstić information content (AvgIpc) is 2.46. The van der Waals surface area contributed by atoms with Gasteiger partial charge in [0, 0.05) is 38.4 Å². The maximum Gasteiger partial charge on any atom is 0.153 e. The normalized spacial score (nSPS) is 17.6. The second-order valence-corrected chi connectivity index (χ2v) is 8.26. The number of hydrogen-bond donors (Lipinski definition) is 0. The van der Waals surface area contributed by atoms with Gasteiger partial charge in [0.05, 0.1) is 11.0 Å². The van der Waals surface area contributed by atoms with Gasteiger partial charge in [0.25, 0.3) is 0 Å². The molecule has 0 saturated carbocycles. The fourth-order valence-corrected chi connectivity index (χ4v) is 3.34. The van der Waals surface area contributed by atoms with Crippen molar-refractivity contribution >= 4 is 15.5 Å². The summed E-state index contributed by atoms with van der Waals surface area (Å²) in [5.41, 5.74) is 1.25. The van der Waals surface area contributed by atoms with E-state index in [0.717, 1.165) is 26.2 Å². The summed E-state index contributed by atoms with van der Waals surface area (Å²) < 4.78 is 23.6. The number of anilines is 1. The molecule has 0 amide bonds. The summed E-state index contributed by atoms with van der Waals surface area (Å²) in [5.74, 6) is 0.274. The fourth-order valence-electron chi connectivity index (χ4n) is 2.36. The van der Waals surface area contributed by atoms with E-state index in [4.69, 9.17) is 0 Å². The van der Waals surface area contributed by atoms with E-state index in [1.54, 1.807) is 13.8 Å². The van der Waals surface area contributed by atoms with Crippen LogP contribution in [0, 0.1) is 0 Å². The molecule has 2 rings (SSSR count). The predicted octanol–water partition coefficient (Wildman–Crippen LogP) is 1.63. The van der Waals surface area contributed by atoms with Crippen LogP contribution in [0.25, 0.3) is 0 Å². The fraction of sp³-hybridized carbons (Fsp3) is 0.600. The molecule has 5 heteroatoms. The van der Waals surface area contributed by atoms with Crippen LogP contribution in [0.4, 0.5) is 5.69 Å². The Labute approximate surface area is 122 Å². The average molecular weight is 296 g/mol. The Hall–Kier alpha value is -1.07. The molecule has 4 nitrogen and oxygen atoms in total. The van der Waals surface area contributed by atoms with Gasteiger partial charge in [-0.25, -0.2) is 8.42 Å². The SMILES string of the molecule is CC(C)S(=O)(=O)CCN1CCN(c2ccccc2)CC1. The van der Waals surface area contributed by atoms with Crippen molar-refractivity contribution in [2.75, 3.05) is 43.4 Å². The minimum absolute atomic E-state index is 0.270. The van der Waals surface area contributed by atoms with E-state index < -0.39 is 9.84 Å². The minimum Gasteiger partial charge on any atom is -0.369 e. The zero-order valence-corrected chi connectivity index (χ0v) is 13.1. The van der Waals surface area contributed by atoms with Crippen LogP contribution in [-0.2, 0) is 9.84 Å². The van der Waals surface area contributed by atoms with E-state index in [2.05, 4.69) is 34.1 Å². The summed E-state index contributed by atoms with van der Waals surface area (Å²) in [6.07, 6.45) is 0. The first-order valence-electron chi connectivity index (χ1n) is 7.23. The molecule has 0 spiro atoms. The van der Waals surface area contributed by atoms with Gasteiger partial charge in [-0.05, 0) is 26.0 Å². The molecule has 1 aliphatic heterocycles. The molecule has 1 fully saturated rings. The maximum absolute atomic E-state index is 11.8. The van der Waals surface area contributed by atoms with Gasteiger partial charge in [-0.2, -0.15) is 0 Å². The van der Waals surface area contributed by atoms with E-state index >= 15 is 0 Å². The molecular formula is C15H24N2O2S. The number of piperazine rings is 1. The van der Waals surface area contributed by atoms with Crippen LogP contribution in [0.2, 0.25) is 0 Å². The van der Waals surface area contributed by atoms with Crippen LogP contribution >= 0.6 is 0 Å². The van der Waals surface area contributed by atoms with Gasteiger partial charge in [0.2, 0.25) is 0 Å². The number of para-hydroxylation sites is 1. The number of hydrogen-bond acceptors (Lipinski definition) is 4. The van der Waals surface area contributed by atoms with Gasteiger partial charge in [0.15, 0.2) is 9.84 Å². The molecule has 0 aliphatic carbocycles. The standard InChI is InChI=1S/C15H24N2O2S/c1-14(2)20(18,19)13-12-16-8-10-17(11-9-16)15-6-4-3-5-7-15/h3-7,14H,8-13H2,1-2H3. The summed E-state index contributed by atoms with van der Waals surface area (Å²) in [6.45, 7) is 7.96. The van der Waals surface area contributed by atoms with Crippen LogP contribution in [0.3, 0.4) is 0 Å². The molecule has 0 unspecified atom stereocenters. The van der Waals surface area contributed by atoms with Crippen molar-refractivity contribution in [1.29, 1.82) is 0 Å². The number of rotatable bonds is 5. The van der Waals surface area contributed by atoms with E-state index in [0.29, 0.717) is 6.54 Å². The smallest absolute Gasteiger partial charge is 0.153 e. The number of benzene rings is 1. The Morgan fingerprint density at radius 1 is 1.05 bits per heavy atom. The predicted molar refractivity (Wildman–Crippen MR) is 84.0 cm³/mol. The first-order valence-corrected chi connectivity index (χ1v) is 8.94. The van der Waals surface area contributed by atoms with Crippen LogP contribution in [0.15, 0.2) is 30.3 Å². The third-order valence-electron chi connectivity index (χ3n) is 3.90. The second-order valence-electron chi connectivity index (χ2n) is 5.58. The van der Waals surface area contributed by atoms with Crippen LogP contribution in [0.1, 0.15) is 13.8 Å². The van der Waals surface area contributed by atoms with E-state index in [1.807, 2.05) is 6.07 Å². The largest absolute Gasteiger partial charge is 0.369 e. The molecule has 1 saturated heterocycles. The van der Waals surface area contributed by atoms with Gasteiger partial charge in [-0.15, -0.1) is 0 Å². The lowest BCUT2D eigenvalue weighted by molar-refractivity contribution is 0.272. The summed E-state index contributed by atoms with van der Waals surface area (Å²) in [7, 11) is -2.92. The highest BCUT2D eigenvalue weighted by Crippen LogP contribution is 2.15. The van der Waals surface area contributed by atoms with Crippen molar-refractivity contribution < 1.29 is 8.42 Å². The monoisotopic (exact) mass is 296 g/mol. The van der Waals surface area contributed by atoms with Crippen molar-refractivity contribution in [2.45, 2.75) is 19.1 Å². The molecule has 1 aromatic rings. The van der Waals surface area contributed by atoms with Gasteiger partial charge < -0.3 is 4.90 Å². The van der Waals surface area contributed by atoms with Crippen LogP contribution in [-0.4, -0.2) is 57.0 Å². The summed E-state index contributed by atoms with van der Waals surface area (Å²) >= 11 is 0. The number of nitrogens with zero attached hydrogens (tertiary/aromatic N) is 2. The third kappa shape index (κ3) is 3.96. The maximum atomic E-state index is 11.8. The highest BCUT2D eigenvalue weighted by Gasteiger charge is 2.21. The quantitative estimate of drug-likeness (QED) is 0.828. The summed E-state index contributed by atoms with van der Waals surface area (Å²) in [4.78, 5) is 4.60. The van der Waals surface area contributed by atoms with Crippen molar-refractivity contribution in [3.05, 3.63) is 30.3 Å². The van der Waals surface area contributed by atoms with Crippen molar-refractivity contribution in [1.82, 2.24) is 4.90 Å². The Bertz CT molecular complexity index is 506. The topological polar surface area (TPSA) is 40.6 Å². The van der Waals surface area contributed by atoms with Gasteiger partial charge in [-0.1, -0.05) is 18.2 Å². The van der Waals surface area contributed by atoms with Gasteiger partial charge >= 0.3 is 0 Å². The zero-order valence-electron chi connectivity index (χ0n) is 12.3. The van der Waals surface area contributed by atoms with Gasteiger partial charge in [-0.3, -0.25) is 4.90 Å². The first kappa shape index (κ1) is 15.3. The Morgan fingerprint density at radius 2 is 1.65 bits per heavy atom. The Morgan fingerprint density at radius 3 is 2.20 bits per heavy atom. The molecular weight excluding hydrogens is 272 g/mol. The van der Waals surface area contributed by atoms with Crippen LogP contribution < -0.4 is 4.90 Å². The zero-order chi connectivity index (χ0) is 14.6. The lowest BCUT2D eigenvalue weighted by atomic mass is 10.2. The highest BCUT2D eigenvalue weighted by atomic mass is 32.2. The molecule has 0 bridgehead atoms. The van der Waals surface area contributed by atoms with Gasteiger partial charge in [0.1, 0.15) is 0 Å². The lowest BCUT2D eigenvalue weighted by Gasteiger charge is -2.36. The van der Waals surface area contributed by atoms with E-state index in [-0.39, 0.29) is 11.0 Å². The van der Waals surface area contributed by atoms with Crippen molar-refractivity contribution in [3.8, 4) is 0 Å².